The number of fused-ring (bicyclic) bond motifs is 2. The van der Waals surface area contributed by atoms with Crippen LogP contribution in [0.15, 0.2) is 4.52 Å². The molecule has 5 heteroatoms. The highest BCUT2D eigenvalue weighted by molar-refractivity contribution is 5.06. The molecule has 3 rings (SSSR count). The average Bonchev–Trinajstić information content (AvgIpc) is 3.02. The molecule has 2 fully saturated rings. The summed E-state index contributed by atoms with van der Waals surface area (Å²) in [5, 5.41) is 12.8. The first-order valence-corrected chi connectivity index (χ1v) is 5.98. The van der Waals surface area contributed by atoms with Crippen molar-refractivity contribution in [2.45, 2.75) is 37.6 Å². The maximum Gasteiger partial charge on any atom is 0.230 e. The number of nitrogens with zero attached hydrogens (tertiary/aromatic N) is 2. The monoisotopic (exact) mass is 223 g/mol. The maximum atomic E-state index is 8.92. The first-order chi connectivity index (χ1) is 7.78. The molecule has 2 saturated carbocycles. The number of aliphatic hydroxyl groups excluding tert-OH is 1. The summed E-state index contributed by atoms with van der Waals surface area (Å²) >= 11 is 0. The second-order valence-corrected chi connectivity index (χ2v) is 5.06. The Kier molecular flexibility index (Phi) is 2.44. The van der Waals surface area contributed by atoms with Crippen LogP contribution >= 0.6 is 0 Å². The summed E-state index contributed by atoms with van der Waals surface area (Å²) in [6.45, 7) is -0.143. The molecule has 4 unspecified atom stereocenters. The minimum atomic E-state index is -0.518. The van der Waals surface area contributed by atoms with E-state index in [0.29, 0.717) is 11.7 Å². The SMILES string of the molecule is NC(CO)c1noc(C2CC3CCC2C3)n1. The predicted molar refractivity (Wildman–Crippen MR) is 56.5 cm³/mol. The van der Waals surface area contributed by atoms with Crippen LogP contribution in [0.5, 0.6) is 0 Å². The van der Waals surface area contributed by atoms with Crippen LogP contribution in [0.25, 0.3) is 0 Å². The molecule has 0 spiro atoms. The van der Waals surface area contributed by atoms with Crippen molar-refractivity contribution < 1.29 is 9.63 Å². The molecule has 2 bridgehead atoms. The molecular formula is C11H17N3O2. The van der Waals surface area contributed by atoms with E-state index < -0.39 is 6.04 Å². The van der Waals surface area contributed by atoms with E-state index in [1.807, 2.05) is 0 Å². The first-order valence-electron chi connectivity index (χ1n) is 5.98. The molecule has 5 nitrogen and oxygen atoms in total. The van der Waals surface area contributed by atoms with E-state index in [2.05, 4.69) is 10.1 Å². The highest BCUT2D eigenvalue weighted by Gasteiger charge is 2.42. The highest BCUT2D eigenvalue weighted by Crippen LogP contribution is 2.52. The van der Waals surface area contributed by atoms with Crippen LogP contribution in [0.2, 0.25) is 0 Å². The number of rotatable bonds is 3. The first kappa shape index (κ1) is 10.2. The zero-order valence-electron chi connectivity index (χ0n) is 9.17. The van der Waals surface area contributed by atoms with Gasteiger partial charge in [-0.25, -0.2) is 0 Å². The van der Waals surface area contributed by atoms with Gasteiger partial charge in [0.05, 0.1) is 12.6 Å². The Morgan fingerprint density at radius 3 is 2.94 bits per heavy atom. The molecular weight excluding hydrogens is 206 g/mol. The molecule has 0 radical (unpaired) electrons. The largest absolute Gasteiger partial charge is 0.394 e. The molecule has 3 N–H and O–H groups in total. The highest BCUT2D eigenvalue weighted by atomic mass is 16.5. The van der Waals surface area contributed by atoms with E-state index in [1.54, 1.807) is 0 Å². The molecule has 2 aliphatic carbocycles. The van der Waals surface area contributed by atoms with Crippen LogP contribution < -0.4 is 5.73 Å². The van der Waals surface area contributed by atoms with Gasteiger partial charge in [-0.2, -0.15) is 4.98 Å². The Morgan fingerprint density at radius 2 is 2.31 bits per heavy atom. The number of nitrogens with two attached hydrogens (primary N) is 1. The average molecular weight is 223 g/mol. The summed E-state index contributed by atoms with van der Waals surface area (Å²) in [4.78, 5) is 4.32. The van der Waals surface area contributed by atoms with Gasteiger partial charge in [-0.1, -0.05) is 11.6 Å². The van der Waals surface area contributed by atoms with Gasteiger partial charge in [0.25, 0.3) is 0 Å². The van der Waals surface area contributed by atoms with Crippen LogP contribution in [-0.4, -0.2) is 21.9 Å². The van der Waals surface area contributed by atoms with Gasteiger partial charge in [0, 0.05) is 5.92 Å². The predicted octanol–water partition coefficient (Wildman–Crippen LogP) is 0.965. The third-order valence-corrected chi connectivity index (χ3v) is 4.04. The van der Waals surface area contributed by atoms with Gasteiger partial charge in [-0.15, -0.1) is 0 Å². The Bertz CT molecular complexity index is 379. The Balaban J connectivity index is 1.77. The van der Waals surface area contributed by atoms with E-state index in [1.165, 1.54) is 25.7 Å². The summed E-state index contributed by atoms with van der Waals surface area (Å²) in [5.41, 5.74) is 5.65. The van der Waals surface area contributed by atoms with Gasteiger partial charge in [0.15, 0.2) is 5.82 Å². The molecule has 0 saturated heterocycles. The molecule has 88 valence electrons. The fourth-order valence-corrected chi connectivity index (χ4v) is 3.18. The molecule has 1 aromatic rings. The van der Waals surface area contributed by atoms with Crippen LogP contribution in [0.1, 0.15) is 49.4 Å². The maximum absolute atomic E-state index is 8.92. The van der Waals surface area contributed by atoms with E-state index in [-0.39, 0.29) is 6.61 Å². The third kappa shape index (κ3) is 1.55. The molecule has 4 atom stereocenters. The molecule has 2 aliphatic rings. The molecule has 1 aromatic heterocycles. The van der Waals surface area contributed by atoms with Crippen molar-refractivity contribution in [3.8, 4) is 0 Å². The number of hydrogen-bond donors (Lipinski definition) is 2. The van der Waals surface area contributed by atoms with E-state index in [9.17, 15) is 0 Å². The minimum Gasteiger partial charge on any atom is -0.394 e. The third-order valence-electron chi connectivity index (χ3n) is 4.04. The quantitative estimate of drug-likeness (QED) is 0.797. The van der Waals surface area contributed by atoms with Gasteiger partial charge in [0.1, 0.15) is 0 Å². The standard InChI is InChI=1S/C11H17N3O2/c12-9(5-15)10-13-11(16-14-10)8-4-6-1-2-7(8)3-6/h6-9,15H,1-5,12H2. The van der Waals surface area contributed by atoms with Gasteiger partial charge in [-0.3, -0.25) is 0 Å². The second-order valence-electron chi connectivity index (χ2n) is 5.06. The lowest BCUT2D eigenvalue weighted by atomic mass is 9.89. The zero-order valence-corrected chi connectivity index (χ0v) is 9.17. The number of hydrogen-bond acceptors (Lipinski definition) is 5. The lowest BCUT2D eigenvalue weighted by Crippen LogP contribution is -2.16. The zero-order chi connectivity index (χ0) is 11.1. The molecule has 0 aromatic carbocycles. The van der Waals surface area contributed by atoms with E-state index >= 15 is 0 Å². The second kappa shape index (κ2) is 3.82. The fraction of sp³-hybridized carbons (Fsp3) is 0.818. The van der Waals surface area contributed by atoms with Crippen molar-refractivity contribution in [2.75, 3.05) is 6.61 Å². The topological polar surface area (TPSA) is 85.2 Å². The van der Waals surface area contributed by atoms with Crippen molar-refractivity contribution in [1.82, 2.24) is 10.1 Å². The Morgan fingerprint density at radius 1 is 1.44 bits per heavy atom. The summed E-state index contributed by atoms with van der Waals surface area (Å²) in [6.07, 6.45) is 5.15. The van der Waals surface area contributed by atoms with Crippen molar-refractivity contribution >= 4 is 0 Å². The van der Waals surface area contributed by atoms with Gasteiger partial charge in [-0.05, 0) is 31.1 Å². The molecule has 0 amide bonds. The van der Waals surface area contributed by atoms with Crippen molar-refractivity contribution in [2.24, 2.45) is 17.6 Å². The number of aliphatic hydroxyl groups is 1. The van der Waals surface area contributed by atoms with Gasteiger partial charge < -0.3 is 15.4 Å². The lowest BCUT2D eigenvalue weighted by Gasteiger charge is -2.17. The van der Waals surface area contributed by atoms with Crippen LogP contribution in [0.3, 0.4) is 0 Å². The van der Waals surface area contributed by atoms with Crippen LogP contribution in [-0.2, 0) is 0 Å². The summed E-state index contributed by atoms with van der Waals surface area (Å²) in [7, 11) is 0. The summed E-state index contributed by atoms with van der Waals surface area (Å²) in [6, 6.07) is -0.518. The van der Waals surface area contributed by atoms with Gasteiger partial charge >= 0.3 is 0 Å². The van der Waals surface area contributed by atoms with Crippen LogP contribution in [0.4, 0.5) is 0 Å². The van der Waals surface area contributed by atoms with Gasteiger partial charge in [0.2, 0.25) is 5.89 Å². The molecule has 1 heterocycles. The Labute approximate surface area is 94.0 Å². The molecule has 0 aliphatic heterocycles. The molecule has 16 heavy (non-hydrogen) atoms. The lowest BCUT2D eigenvalue weighted by molar-refractivity contribution is 0.258. The summed E-state index contributed by atoms with van der Waals surface area (Å²) in [5.74, 6) is 3.18. The fourth-order valence-electron chi connectivity index (χ4n) is 3.18. The van der Waals surface area contributed by atoms with Crippen molar-refractivity contribution in [3.05, 3.63) is 11.7 Å². The van der Waals surface area contributed by atoms with Crippen LogP contribution in [0, 0.1) is 11.8 Å². The van der Waals surface area contributed by atoms with Crippen molar-refractivity contribution in [1.29, 1.82) is 0 Å². The van der Waals surface area contributed by atoms with E-state index in [0.717, 1.165) is 17.7 Å². The van der Waals surface area contributed by atoms with E-state index in [4.69, 9.17) is 15.4 Å². The smallest absolute Gasteiger partial charge is 0.230 e. The Hall–Kier alpha value is -0.940. The normalized spacial score (nSPS) is 34.5. The van der Waals surface area contributed by atoms with Crippen molar-refractivity contribution in [3.63, 3.8) is 0 Å². The minimum absolute atomic E-state index is 0.143. The summed E-state index contributed by atoms with van der Waals surface area (Å²) < 4.78 is 5.27. The number of aromatic nitrogens is 2.